The Morgan fingerprint density at radius 3 is 2.68 bits per heavy atom. The molecule has 0 saturated heterocycles. The Balaban J connectivity index is 2.50. The van der Waals surface area contributed by atoms with Crippen molar-refractivity contribution in [2.75, 3.05) is 0 Å². The number of nitrogens with two attached hydrogens (primary N) is 1. The number of halogens is 2. The molecule has 0 bridgehead atoms. The molecule has 118 valence electrons. The maximum atomic E-state index is 14.2. The fourth-order valence-corrected chi connectivity index (χ4v) is 2.10. The summed E-state index contributed by atoms with van der Waals surface area (Å²) in [5.74, 6) is -2.02. The molecule has 5 nitrogen and oxygen atoms in total. The summed E-state index contributed by atoms with van der Waals surface area (Å²) in [7, 11) is 0. The Kier molecular flexibility index (Phi) is 4.85. The van der Waals surface area contributed by atoms with Crippen LogP contribution in [0, 0.1) is 18.6 Å². The summed E-state index contributed by atoms with van der Waals surface area (Å²) in [6.45, 7) is 4.00. The van der Waals surface area contributed by atoms with Gasteiger partial charge in [0.2, 0.25) is 5.91 Å². The zero-order valence-corrected chi connectivity index (χ0v) is 12.6. The van der Waals surface area contributed by atoms with E-state index in [1.807, 2.05) is 6.92 Å². The highest BCUT2D eigenvalue weighted by Gasteiger charge is 2.19. The van der Waals surface area contributed by atoms with Crippen LogP contribution in [-0.2, 0) is 17.8 Å². The van der Waals surface area contributed by atoms with E-state index < -0.39 is 17.5 Å². The normalized spacial score (nSPS) is 10.9. The number of hydrogen-bond donors (Lipinski definition) is 1. The van der Waals surface area contributed by atoms with E-state index in [0.717, 1.165) is 12.8 Å². The monoisotopic (exact) mass is 308 g/mol. The molecule has 0 aliphatic carbocycles. The lowest BCUT2D eigenvalue weighted by atomic mass is 10.1. The lowest BCUT2D eigenvalue weighted by molar-refractivity contribution is -0.117. The molecule has 0 fully saturated rings. The molecule has 2 N–H and O–H groups in total. The van der Waals surface area contributed by atoms with E-state index in [0.29, 0.717) is 6.54 Å². The number of aryl methyl sites for hydroxylation is 2. The summed E-state index contributed by atoms with van der Waals surface area (Å²) in [4.78, 5) is 15.2. The van der Waals surface area contributed by atoms with Gasteiger partial charge in [0.05, 0.1) is 12.0 Å². The van der Waals surface area contributed by atoms with E-state index in [2.05, 4.69) is 10.1 Å². The topological polar surface area (TPSA) is 73.8 Å². The van der Waals surface area contributed by atoms with Gasteiger partial charge in [-0.05, 0) is 25.0 Å². The number of nitrogens with zero attached hydrogens (tertiary/aromatic N) is 3. The zero-order valence-electron chi connectivity index (χ0n) is 12.6. The predicted molar refractivity (Wildman–Crippen MR) is 77.9 cm³/mol. The van der Waals surface area contributed by atoms with E-state index in [1.165, 1.54) is 23.7 Å². The van der Waals surface area contributed by atoms with Crippen LogP contribution in [0.1, 0.15) is 31.2 Å². The molecule has 0 saturated carbocycles. The summed E-state index contributed by atoms with van der Waals surface area (Å²) in [6.07, 6.45) is 1.58. The first-order valence-corrected chi connectivity index (χ1v) is 7.11. The number of aromatic nitrogens is 3. The molecule has 1 aromatic heterocycles. The van der Waals surface area contributed by atoms with Crippen LogP contribution >= 0.6 is 0 Å². The summed E-state index contributed by atoms with van der Waals surface area (Å²) >= 11 is 0. The summed E-state index contributed by atoms with van der Waals surface area (Å²) < 4.78 is 29.4. The fraction of sp³-hybridized carbons (Fsp3) is 0.400. The van der Waals surface area contributed by atoms with Crippen molar-refractivity contribution >= 4 is 5.91 Å². The first kappa shape index (κ1) is 16.1. The first-order chi connectivity index (χ1) is 10.4. The molecule has 1 aromatic carbocycles. The SMILES string of the molecule is CCCCn1nc(CC(N)=O)nc1-c1ccc(C)c(F)c1F. The predicted octanol–water partition coefficient (Wildman–Crippen LogP) is 2.36. The maximum absolute atomic E-state index is 14.2. The smallest absolute Gasteiger partial charge is 0.225 e. The molecular weight excluding hydrogens is 290 g/mol. The Morgan fingerprint density at radius 2 is 2.05 bits per heavy atom. The van der Waals surface area contributed by atoms with E-state index >= 15 is 0 Å². The van der Waals surface area contributed by atoms with Gasteiger partial charge in [-0.25, -0.2) is 18.4 Å². The molecular formula is C15H18F2N4O. The van der Waals surface area contributed by atoms with Crippen molar-refractivity contribution < 1.29 is 13.6 Å². The van der Waals surface area contributed by atoms with Crippen LogP contribution in [0.4, 0.5) is 8.78 Å². The standard InChI is InChI=1S/C15H18F2N4O/c1-3-4-7-21-15(19-12(20-21)8-11(18)22)10-6-5-9(2)13(16)14(10)17/h5-6H,3-4,7-8H2,1-2H3,(H2,18,22). The zero-order chi connectivity index (χ0) is 16.3. The maximum Gasteiger partial charge on any atom is 0.225 e. The highest BCUT2D eigenvalue weighted by atomic mass is 19.2. The minimum absolute atomic E-state index is 0.0300. The third-order valence-electron chi connectivity index (χ3n) is 3.29. The highest BCUT2D eigenvalue weighted by Crippen LogP contribution is 2.25. The lowest BCUT2D eigenvalue weighted by Gasteiger charge is -2.07. The number of primary amides is 1. The summed E-state index contributed by atoms with van der Waals surface area (Å²) in [5, 5.41) is 4.17. The first-order valence-electron chi connectivity index (χ1n) is 7.11. The second-order valence-electron chi connectivity index (χ2n) is 5.13. The number of unbranched alkanes of at least 4 members (excludes halogenated alkanes) is 1. The molecule has 22 heavy (non-hydrogen) atoms. The van der Waals surface area contributed by atoms with Crippen LogP contribution in [0.5, 0.6) is 0 Å². The molecule has 0 radical (unpaired) electrons. The second kappa shape index (κ2) is 6.64. The van der Waals surface area contributed by atoms with Gasteiger partial charge in [-0.1, -0.05) is 19.4 Å². The average molecular weight is 308 g/mol. The molecule has 1 amide bonds. The van der Waals surface area contributed by atoms with E-state index in [4.69, 9.17) is 5.73 Å². The van der Waals surface area contributed by atoms with Gasteiger partial charge in [0.15, 0.2) is 23.3 Å². The van der Waals surface area contributed by atoms with Crippen molar-refractivity contribution in [3.05, 3.63) is 35.2 Å². The summed E-state index contributed by atoms with van der Waals surface area (Å²) in [5.41, 5.74) is 5.38. The minimum atomic E-state index is -0.962. The molecule has 0 spiro atoms. The van der Waals surface area contributed by atoms with Crippen molar-refractivity contribution in [1.29, 1.82) is 0 Å². The van der Waals surface area contributed by atoms with Crippen molar-refractivity contribution in [2.45, 2.75) is 39.7 Å². The number of hydrogen-bond acceptors (Lipinski definition) is 3. The molecule has 0 unspecified atom stereocenters. The molecule has 0 aliphatic heterocycles. The number of benzene rings is 1. The molecule has 2 rings (SSSR count). The number of rotatable bonds is 6. The van der Waals surface area contributed by atoms with Crippen LogP contribution in [0.3, 0.4) is 0 Å². The summed E-state index contributed by atoms with van der Waals surface area (Å²) in [6, 6.07) is 2.95. The molecule has 0 atom stereocenters. The van der Waals surface area contributed by atoms with E-state index in [9.17, 15) is 13.6 Å². The highest BCUT2D eigenvalue weighted by molar-refractivity contribution is 5.75. The van der Waals surface area contributed by atoms with Gasteiger partial charge in [-0.15, -0.1) is 0 Å². The fourth-order valence-electron chi connectivity index (χ4n) is 2.10. The Labute approximate surface area is 127 Å². The van der Waals surface area contributed by atoms with Gasteiger partial charge in [0.1, 0.15) is 0 Å². The van der Waals surface area contributed by atoms with Crippen LogP contribution in [-0.4, -0.2) is 20.7 Å². The molecule has 0 aliphatic rings. The Hall–Kier alpha value is -2.31. The quantitative estimate of drug-likeness (QED) is 0.890. The average Bonchev–Trinajstić information content (AvgIpc) is 2.84. The number of amides is 1. The largest absolute Gasteiger partial charge is 0.369 e. The second-order valence-corrected chi connectivity index (χ2v) is 5.13. The van der Waals surface area contributed by atoms with Gasteiger partial charge in [0, 0.05) is 6.54 Å². The van der Waals surface area contributed by atoms with Gasteiger partial charge in [-0.3, -0.25) is 4.79 Å². The Bertz CT molecular complexity index is 697. The third-order valence-corrected chi connectivity index (χ3v) is 3.29. The van der Waals surface area contributed by atoms with E-state index in [-0.39, 0.29) is 29.2 Å². The molecule has 7 heteroatoms. The van der Waals surface area contributed by atoms with Crippen molar-refractivity contribution in [3.8, 4) is 11.4 Å². The minimum Gasteiger partial charge on any atom is -0.369 e. The molecule has 1 heterocycles. The van der Waals surface area contributed by atoms with Gasteiger partial charge < -0.3 is 5.73 Å². The van der Waals surface area contributed by atoms with Crippen molar-refractivity contribution in [2.24, 2.45) is 5.73 Å². The van der Waals surface area contributed by atoms with Crippen molar-refractivity contribution in [1.82, 2.24) is 14.8 Å². The van der Waals surface area contributed by atoms with Gasteiger partial charge >= 0.3 is 0 Å². The van der Waals surface area contributed by atoms with Gasteiger partial charge in [-0.2, -0.15) is 5.10 Å². The van der Waals surface area contributed by atoms with Crippen LogP contribution in [0.25, 0.3) is 11.4 Å². The third kappa shape index (κ3) is 3.29. The van der Waals surface area contributed by atoms with Crippen LogP contribution in [0.2, 0.25) is 0 Å². The van der Waals surface area contributed by atoms with Crippen LogP contribution < -0.4 is 5.73 Å². The Morgan fingerprint density at radius 1 is 1.32 bits per heavy atom. The van der Waals surface area contributed by atoms with Crippen LogP contribution in [0.15, 0.2) is 12.1 Å². The number of carbonyl (C=O) groups is 1. The number of carbonyl (C=O) groups excluding carboxylic acids is 1. The van der Waals surface area contributed by atoms with E-state index in [1.54, 1.807) is 0 Å². The lowest BCUT2D eigenvalue weighted by Crippen LogP contribution is -2.14. The van der Waals surface area contributed by atoms with Gasteiger partial charge in [0.25, 0.3) is 0 Å². The van der Waals surface area contributed by atoms with Crippen molar-refractivity contribution in [3.63, 3.8) is 0 Å². The molecule has 2 aromatic rings.